The average Bonchev–Trinajstić information content (AvgIpc) is 2.98. The van der Waals surface area contributed by atoms with Crippen LogP contribution < -0.4 is 0 Å². The molecule has 0 saturated heterocycles. The normalized spacial score (nSPS) is 19.6. The second kappa shape index (κ2) is 4.80. The van der Waals surface area contributed by atoms with Crippen LogP contribution in [0.5, 0.6) is 0 Å². The number of rotatable bonds is 1. The van der Waals surface area contributed by atoms with E-state index in [4.69, 9.17) is 4.42 Å². The zero-order valence-electron chi connectivity index (χ0n) is 12.0. The van der Waals surface area contributed by atoms with Gasteiger partial charge in [-0.15, -0.1) is 0 Å². The quantitative estimate of drug-likeness (QED) is 0.723. The maximum Gasteiger partial charge on any atom is 0.227 e. The van der Waals surface area contributed by atoms with Gasteiger partial charge in [-0.1, -0.05) is 42.5 Å². The number of aliphatic hydroxyl groups is 2. The minimum absolute atomic E-state index is 0.324. The van der Waals surface area contributed by atoms with Gasteiger partial charge in [-0.3, -0.25) is 0 Å². The molecule has 2 aromatic carbocycles. The third kappa shape index (κ3) is 1.81. The summed E-state index contributed by atoms with van der Waals surface area (Å²) in [6.07, 6.45) is -1.78. The van der Waals surface area contributed by atoms with Crippen molar-refractivity contribution in [2.24, 2.45) is 0 Å². The summed E-state index contributed by atoms with van der Waals surface area (Å²) in [6, 6.07) is 15.0. The number of hydrogen-bond acceptors (Lipinski definition) is 4. The molecule has 2 N–H and O–H groups in total. The molecule has 1 aliphatic carbocycles. The molecule has 110 valence electrons. The Hall–Kier alpha value is -2.43. The number of oxazole rings is 1. The van der Waals surface area contributed by atoms with Crippen LogP contribution in [0.15, 0.2) is 52.9 Å². The highest BCUT2D eigenvalue weighted by atomic mass is 16.4. The van der Waals surface area contributed by atoms with E-state index in [2.05, 4.69) is 4.98 Å². The van der Waals surface area contributed by atoms with Crippen LogP contribution in [0.3, 0.4) is 0 Å². The molecule has 0 aliphatic heterocycles. The summed E-state index contributed by atoms with van der Waals surface area (Å²) in [4.78, 5) is 4.44. The summed E-state index contributed by atoms with van der Waals surface area (Å²) in [5.74, 6) is 0.749. The average molecular weight is 293 g/mol. The highest BCUT2D eigenvalue weighted by Gasteiger charge is 2.35. The van der Waals surface area contributed by atoms with E-state index >= 15 is 0 Å². The Morgan fingerprint density at radius 2 is 1.55 bits per heavy atom. The van der Waals surface area contributed by atoms with Crippen LogP contribution in [0, 0.1) is 6.92 Å². The first-order valence-electron chi connectivity index (χ1n) is 7.18. The molecule has 22 heavy (non-hydrogen) atoms. The first-order valence-corrected chi connectivity index (χ1v) is 7.18. The topological polar surface area (TPSA) is 66.5 Å². The van der Waals surface area contributed by atoms with Gasteiger partial charge in [0.25, 0.3) is 0 Å². The van der Waals surface area contributed by atoms with Crippen LogP contribution in [-0.4, -0.2) is 15.2 Å². The number of benzene rings is 2. The van der Waals surface area contributed by atoms with E-state index in [1.54, 1.807) is 12.1 Å². The first kappa shape index (κ1) is 13.2. The summed E-state index contributed by atoms with van der Waals surface area (Å²) < 4.78 is 5.79. The Morgan fingerprint density at radius 1 is 0.909 bits per heavy atom. The van der Waals surface area contributed by atoms with Crippen molar-refractivity contribution in [3.05, 3.63) is 76.7 Å². The maximum atomic E-state index is 10.5. The van der Waals surface area contributed by atoms with E-state index in [9.17, 15) is 10.2 Å². The highest BCUT2D eigenvalue weighted by molar-refractivity contribution is 5.59. The summed E-state index contributed by atoms with van der Waals surface area (Å²) in [5.41, 5.74) is 3.62. The molecule has 1 aliphatic rings. The highest BCUT2D eigenvalue weighted by Crippen LogP contribution is 2.42. The lowest BCUT2D eigenvalue weighted by Gasteiger charge is -2.23. The predicted molar refractivity (Wildman–Crippen MR) is 81.2 cm³/mol. The van der Waals surface area contributed by atoms with Gasteiger partial charge in [-0.2, -0.15) is 0 Å². The van der Waals surface area contributed by atoms with Crippen molar-refractivity contribution < 1.29 is 14.6 Å². The second-order valence-electron chi connectivity index (χ2n) is 5.52. The minimum atomic E-state index is -0.903. The van der Waals surface area contributed by atoms with Gasteiger partial charge in [0.1, 0.15) is 17.9 Å². The van der Waals surface area contributed by atoms with Crippen LogP contribution in [0.1, 0.15) is 40.4 Å². The largest absolute Gasteiger partial charge is 0.438 e. The lowest BCUT2D eigenvalue weighted by molar-refractivity contribution is 0.151. The van der Waals surface area contributed by atoms with Gasteiger partial charge >= 0.3 is 0 Å². The van der Waals surface area contributed by atoms with Crippen molar-refractivity contribution in [1.29, 1.82) is 0 Å². The van der Waals surface area contributed by atoms with E-state index in [1.165, 1.54) is 0 Å². The molecular formula is C18H15NO3. The third-order valence-corrected chi connectivity index (χ3v) is 4.15. The monoisotopic (exact) mass is 293 g/mol. The van der Waals surface area contributed by atoms with Crippen LogP contribution in [0.2, 0.25) is 0 Å². The fraction of sp³-hybridized carbons (Fsp3) is 0.167. The zero-order chi connectivity index (χ0) is 15.3. The van der Waals surface area contributed by atoms with Crippen LogP contribution in [0.25, 0.3) is 11.5 Å². The third-order valence-electron chi connectivity index (χ3n) is 4.15. The summed E-state index contributed by atoms with van der Waals surface area (Å²) >= 11 is 0. The lowest BCUT2D eigenvalue weighted by Crippen LogP contribution is -2.16. The minimum Gasteiger partial charge on any atom is -0.438 e. The molecule has 1 aromatic heterocycles. The van der Waals surface area contributed by atoms with Crippen LogP contribution in [-0.2, 0) is 0 Å². The second-order valence-corrected chi connectivity index (χ2v) is 5.52. The van der Waals surface area contributed by atoms with E-state index in [0.29, 0.717) is 28.5 Å². The first-order chi connectivity index (χ1) is 10.7. The smallest absolute Gasteiger partial charge is 0.227 e. The molecule has 0 bridgehead atoms. The van der Waals surface area contributed by atoms with Gasteiger partial charge in [0.15, 0.2) is 5.76 Å². The molecule has 2 atom stereocenters. The molecule has 4 heteroatoms. The molecule has 4 nitrogen and oxygen atoms in total. The number of nitrogens with zero attached hydrogens (tertiary/aromatic N) is 1. The molecule has 2 unspecified atom stereocenters. The fourth-order valence-electron chi connectivity index (χ4n) is 2.96. The van der Waals surface area contributed by atoms with Gasteiger partial charge in [-0.25, -0.2) is 4.98 Å². The lowest BCUT2D eigenvalue weighted by atomic mass is 9.88. The molecule has 0 saturated carbocycles. The number of aromatic nitrogens is 1. The zero-order valence-corrected chi connectivity index (χ0v) is 12.0. The molecule has 4 rings (SSSR count). The van der Waals surface area contributed by atoms with Crippen molar-refractivity contribution in [1.82, 2.24) is 4.98 Å². The Labute approximate surface area is 127 Å². The standard InChI is InChI=1S/C18H15NO3/c1-10-6-2-3-7-11(10)18-19-14-15(20)12-8-4-5-9-13(12)16(21)17(14)22-18/h2-9,15-16,20-21H,1H3. The number of aliphatic hydroxyl groups excluding tert-OH is 2. The summed E-state index contributed by atoms with van der Waals surface area (Å²) in [5, 5.41) is 21.0. The van der Waals surface area contributed by atoms with Crippen LogP contribution >= 0.6 is 0 Å². The Kier molecular flexibility index (Phi) is 2.89. The predicted octanol–water partition coefficient (Wildman–Crippen LogP) is 3.13. The molecule has 0 radical (unpaired) electrons. The molecule has 0 fully saturated rings. The molecular weight excluding hydrogens is 278 g/mol. The van der Waals surface area contributed by atoms with E-state index < -0.39 is 12.2 Å². The van der Waals surface area contributed by atoms with Crippen LogP contribution in [0.4, 0.5) is 0 Å². The van der Waals surface area contributed by atoms with Gasteiger partial charge in [0.2, 0.25) is 5.89 Å². The number of fused-ring (bicyclic) bond motifs is 2. The van der Waals surface area contributed by atoms with Gasteiger partial charge in [0.05, 0.1) is 0 Å². The van der Waals surface area contributed by atoms with Gasteiger partial charge in [0, 0.05) is 5.56 Å². The van der Waals surface area contributed by atoms with Crippen molar-refractivity contribution in [2.45, 2.75) is 19.1 Å². The molecule has 1 heterocycles. The van der Waals surface area contributed by atoms with Crippen molar-refractivity contribution in [3.63, 3.8) is 0 Å². The van der Waals surface area contributed by atoms with Crippen molar-refractivity contribution in [2.75, 3.05) is 0 Å². The van der Waals surface area contributed by atoms with E-state index in [1.807, 2.05) is 43.3 Å². The van der Waals surface area contributed by atoms with Gasteiger partial charge < -0.3 is 14.6 Å². The molecule has 3 aromatic rings. The number of hydrogen-bond donors (Lipinski definition) is 2. The fourth-order valence-corrected chi connectivity index (χ4v) is 2.96. The van der Waals surface area contributed by atoms with E-state index in [-0.39, 0.29) is 0 Å². The SMILES string of the molecule is Cc1ccccc1-c1nc2c(o1)C(O)c1ccccc1C2O. The Bertz CT molecular complexity index is 807. The Morgan fingerprint density at radius 3 is 2.27 bits per heavy atom. The Balaban J connectivity index is 1.89. The van der Waals surface area contributed by atoms with Crippen molar-refractivity contribution in [3.8, 4) is 11.5 Å². The van der Waals surface area contributed by atoms with Crippen molar-refractivity contribution >= 4 is 0 Å². The summed E-state index contributed by atoms with van der Waals surface area (Å²) in [6.45, 7) is 1.97. The maximum absolute atomic E-state index is 10.5. The van der Waals surface area contributed by atoms with E-state index in [0.717, 1.165) is 11.1 Å². The molecule has 0 amide bonds. The summed E-state index contributed by atoms with van der Waals surface area (Å²) in [7, 11) is 0. The van der Waals surface area contributed by atoms with Gasteiger partial charge in [-0.05, 0) is 29.7 Å². The number of aryl methyl sites for hydroxylation is 1. The molecule has 0 spiro atoms.